The molecule has 1 heterocycles. The Labute approximate surface area is 184 Å². The Morgan fingerprint density at radius 2 is 1.65 bits per heavy atom. The Morgan fingerprint density at radius 3 is 2.23 bits per heavy atom. The van der Waals surface area contributed by atoms with Gasteiger partial charge in [-0.1, -0.05) is 74.9 Å². The van der Waals surface area contributed by atoms with Crippen LogP contribution in [0.2, 0.25) is 0 Å². The number of hydrogen-bond donors (Lipinski definition) is 2. The first-order chi connectivity index (χ1) is 14.5. The number of urea groups is 1. The van der Waals surface area contributed by atoms with Gasteiger partial charge in [-0.05, 0) is 42.4 Å². The van der Waals surface area contributed by atoms with Crippen LogP contribution < -0.4 is 10.6 Å². The minimum Gasteiger partial charge on any atom is -0.354 e. The van der Waals surface area contributed by atoms with Crippen LogP contribution >= 0.6 is 0 Å². The topological polar surface area (TPSA) is 78.5 Å². The van der Waals surface area contributed by atoms with Gasteiger partial charge in [0.25, 0.3) is 5.91 Å². The molecule has 6 heteroatoms. The predicted octanol–water partition coefficient (Wildman–Crippen LogP) is 3.42. The van der Waals surface area contributed by atoms with E-state index in [0.29, 0.717) is 18.5 Å². The van der Waals surface area contributed by atoms with Crippen LogP contribution in [-0.2, 0) is 27.0 Å². The van der Waals surface area contributed by atoms with Gasteiger partial charge in [-0.3, -0.25) is 14.5 Å². The van der Waals surface area contributed by atoms with Gasteiger partial charge >= 0.3 is 6.03 Å². The van der Waals surface area contributed by atoms with Crippen LogP contribution in [0.1, 0.15) is 49.9 Å². The first-order valence-electron chi connectivity index (χ1n) is 10.6. The zero-order valence-electron chi connectivity index (χ0n) is 18.9. The van der Waals surface area contributed by atoms with Crippen molar-refractivity contribution in [2.24, 2.45) is 0 Å². The van der Waals surface area contributed by atoms with E-state index < -0.39 is 17.5 Å². The number of carbonyl (C=O) groups is 3. The highest BCUT2D eigenvalue weighted by molar-refractivity contribution is 6.09. The SMILES string of the molecule is Cc1ccc(C2(C)NC(=O)N(CC(=O)NCCc3ccc(C(C)(C)C)cc3)C2=O)cc1. The number of rotatable bonds is 6. The van der Waals surface area contributed by atoms with Crippen molar-refractivity contribution in [2.75, 3.05) is 13.1 Å². The van der Waals surface area contributed by atoms with Crippen molar-refractivity contribution in [3.8, 4) is 0 Å². The van der Waals surface area contributed by atoms with E-state index in [1.807, 2.05) is 31.2 Å². The maximum absolute atomic E-state index is 12.9. The van der Waals surface area contributed by atoms with Gasteiger partial charge in [-0.15, -0.1) is 0 Å². The molecule has 0 bridgehead atoms. The third-order valence-electron chi connectivity index (χ3n) is 5.76. The summed E-state index contributed by atoms with van der Waals surface area (Å²) in [4.78, 5) is 38.7. The number of amides is 4. The molecule has 0 radical (unpaired) electrons. The smallest absolute Gasteiger partial charge is 0.325 e. The fourth-order valence-corrected chi connectivity index (χ4v) is 3.64. The van der Waals surface area contributed by atoms with Gasteiger partial charge in [0, 0.05) is 6.54 Å². The Bertz CT molecular complexity index is 975. The van der Waals surface area contributed by atoms with Crippen LogP contribution in [0.3, 0.4) is 0 Å². The average Bonchev–Trinajstić information content (AvgIpc) is 2.92. The fraction of sp³-hybridized carbons (Fsp3) is 0.400. The van der Waals surface area contributed by atoms with E-state index in [0.717, 1.165) is 16.0 Å². The summed E-state index contributed by atoms with van der Waals surface area (Å²) < 4.78 is 0. The van der Waals surface area contributed by atoms with E-state index >= 15 is 0 Å². The van der Waals surface area contributed by atoms with E-state index in [-0.39, 0.29) is 17.9 Å². The lowest BCUT2D eigenvalue weighted by molar-refractivity contribution is -0.134. The molecular weight excluding hydrogens is 390 g/mol. The lowest BCUT2D eigenvalue weighted by Crippen LogP contribution is -2.43. The molecule has 1 saturated heterocycles. The van der Waals surface area contributed by atoms with Gasteiger partial charge in [0.15, 0.2) is 0 Å². The quantitative estimate of drug-likeness (QED) is 0.702. The third kappa shape index (κ3) is 4.95. The number of nitrogens with one attached hydrogen (secondary N) is 2. The van der Waals surface area contributed by atoms with Gasteiger partial charge in [-0.25, -0.2) is 4.79 Å². The molecule has 0 saturated carbocycles. The minimum atomic E-state index is -1.17. The fourth-order valence-electron chi connectivity index (χ4n) is 3.64. The van der Waals surface area contributed by atoms with E-state index in [1.54, 1.807) is 6.92 Å². The van der Waals surface area contributed by atoms with Crippen molar-refractivity contribution in [3.05, 3.63) is 70.8 Å². The molecule has 0 aliphatic carbocycles. The highest BCUT2D eigenvalue weighted by Crippen LogP contribution is 2.28. The van der Waals surface area contributed by atoms with Crippen LogP contribution in [0, 0.1) is 6.92 Å². The summed E-state index contributed by atoms with van der Waals surface area (Å²) in [5.41, 5.74) is 3.07. The maximum Gasteiger partial charge on any atom is 0.325 e. The normalized spacial score (nSPS) is 18.8. The summed E-state index contributed by atoms with van der Waals surface area (Å²) in [5, 5.41) is 5.53. The second-order valence-electron chi connectivity index (χ2n) is 9.36. The molecule has 3 rings (SSSR count). The Balaban J connectivity index is 1.55. The Morgan fingerprint density at radius 1 is 1.03 bits per heavy atom. The maximum atomic E-state index is 12.9. The molecule has 31 heavy (non-hydrogen) atoms. The van der Waals surface area contributed by atoms with E-state index in [9.17, 15) is 14.4 Å². The van der Waals surface area contributed by atoms with Crippen molar-refractivity contribution in [1.29, 1.82) is 0 Å². The second-order valence-corrected chi connectivity index (χ2v) is 9.36. The van der Waals surface area contributed by atoms with E-state index in [1.165, 1.54) is 5.56 Å². The largest absolute Gasteiger partial charge is 0.354 e. The van der Waals surface area contributed by atoms with Crippen molar-refractivity contribution in [2.45, 2.75) is 52.0 Å². The van der Waals surface area contributed by atoms with E-state index in [2.05, 4.69) is 55.7 Å². The molecule has 4 amide bonds. The van der Waals surface area contributed by atoms with Crippen LogP contribution in [0.4, 0.5) is 4.79 Å². The molecule has 1 atom stereocenters. The van der Waals surface area contributed by atoms with Gasteiger partial charge < -0.3 is 10.6 Å². The van der Waals surface area contributed by atoms with Crippen LogP contribution in [0.25, 0.3) is 0 Å². The van der Waals surface area contributed by atoms with Crippen LogP contribution in [0.5, 0.6) is 0 Å². The van der Waals surface area contributed by atoms with Crippen molar-refractivity contribution in [3.63, 3.8) is 0 Å². The summed E-state index contributed by atoms with van der Waals surface area (Å²) in [6.45, 7) is 10.3. The van der Waals surface area contributed by atoms with Crippen LogP contribution in [-0.4, -0.2) is 35.8 Å². The number of carbonyl (C=O) groups excluding carboxylic acids is 3. The summed E-state index contributed by atoms with van der Waals surface area (Å²) in [6.07, 6.45) is 0.678. The second kappa shape index (κ2) is 8.53. The molecule has 1 aliphatic heterocycles. The molecule has 164 valence electrons. The minimum absolute atomic E-state index is 0.0999. The lowest BCUT2D eigenvalue weighted by Gasteiger charge is -2.22. The highest BCUT2D eigenvalue weighted by Gasteiger charge is 2.49. The summed E-state index contributed by atoms with van der Waals surface area (Å²) in [6, 6.07) is 15.2. The van der Waals surface area contributed by atoms with Gasteiger partial charge in [0.1, 0.15) is 12.1 Å². The monoisotopic (exact) mass is 421 g/mol. The molecule has 0 spiro atoms. The molecular formula is C25H31N3O3. The molecule has 1 aliphatic rings. The third-order valence-corrected chi connectivity index (χ3v) is 5.76. The van der Waals surface area contributed by atoms with Gasteiger partial charge in [0.2, 0.25) is 5.91 Å². The van der Waals surface area contributed by atoms with Crippen LogP contribution in [0.15, 0.2) is 48.5 Å². The number of hydrogen-bond acceptors (Lipinski definition) is 3. The molecule has 2 aromatic rings. The van der Waals surface area contributed by atoms with Crippen molar-refractivity contribution >= 4 is 17.8 Å². The predicted molar refractivity (Wildman–Crippen MR) is 121 cm³/mol. The zero-order chi connectivity index (χ0) is 22.8. The van der Waals surface area contributed by atoms with Crippen molar-refractivity contribution in [1.82, 2.24) is 15.5 Å². The Hall–Kier alpha value is -3.15. The molecule has 2 N–H and O–H groups in total. The molecule has 1 fully saturated rings. The number of nitrogens with zero attached hydrogens (tertiary/aromatic N) is 1. The molecule has 1 unspecified atom stereocenters. The lowest BCUT2D eigenvalue weighted by atomic mass is 9.86. The number of benzene rings is 2. The van der Waals surface area contributed by atoms with Gasteiger partial charge in [0.05, 0.1) is 0 Å². The molecule has 2 aromatic carbocycles. The molecule has 0 aromatic heterocycles. The number of imide groups is 1. The molecule has 6 nitrogen and oxygen atoms in total. The Kier molecular flexibility index (Phi) is 6.20. The first-order valence-corrected chi connectivity index (χ1v) is 10.6. The first kappa shape index (κ1) is 22.5. The van der Waals surface area contributed by atoms with Gasteiger partial charge in [-0.2, -0.15) is 0 Å². The average molecular weight is 422 g/mol. The zero-order valence-corrected chi connectivity index (χ0v) is 18.9. The number of aryl methyl sites for hydroxylation is 1. The summed E-state index contributed by atoms with van der Waals surface area (Å²) in [5.74, 6) is -0.780. The summed E-state index contributed by atoms with van der Waals surface area (Å²) >= 11 is 0. The van der Waals surface area contributed by atoms with Crippen molar-refractivity contribution < 1.29 is 14.4 Å². The van der Waals surface area contributed by atoms with E-state index in [4.69, 9.17) is 0 Å². The summed E-state index contributed by atoms with van der Waals surface area (Å²) in [7, 11) is 0. The highest BCUT2D eigenvalue weighted by atomic mass is 16.2. The standard InChI is InChI=1S/C25H31N3O3/c1-17-6-10-20(11-7-17)25(5)22(30)28(23(31)27-25)16-21(29)26-15-14-18-8-12-19(13-9-18)24(2,3)4/h6-13H,14-16H2,1-5H3,(H,26,29)(H,27,31).